The number of hydrogen-bond acceptors (Lipinski definition) is 1. The summed E-state index contributed by atoms with van der Waals surface area (Å²) in [6, 6.07) is 9.19. The van der Waals surface area contributed by atoms with Crippen molar-refractivity contribution in [1.29, 1.82) is 0 Å². The molecule has 1 aliphatic rings. The van der Waals surface area contributed by atoms with Crippen LogP contribution in [0.3, 0.4) is 0 Å². The van der Waals surface area contributed by atoms with Crippen molar-refractivity contribution < 1.29 is 26.7 Å². The second-order valence-corrected chi connectivity index (χ2v) is 5.59. The molecule has 1 atom stereocenters. The van der Waals surface area contributed by atoms with Gasteiger partial charge in [-0.15, -0.1) is 0 Å². The van der Waals surface area contributed by atoms with Crippen molar-refractivity contribution in [3.05, 3.63) is 70.5 Å². The number of halogens is 5. The maximum absolute atomic E-state index is 13.8. The molecule has 3 rings (SSSR count). The average Bonchev–Trinajstić information content (AvgIpc) is 3.09. The molecule has 1 fully saturated rings. The lowest BCUT2D eigenvalue weighted by Gasteiger charge is -2.18. The van der Waals surface area contributed by atoms with Gasteiger partial charge in [-0.05, 0) is 12.0 Å². The summed E-state index contributed by atoms with van der Waals surface area (Å²) in [6.07, 6.45) is 0.547. The maximum atomic E-state index is 13.8. The number of hydrogen-bond donors (Lipinski definition) is 0. The molecule has 0 N–H and O–H groups in total. The van der Waals surface area contributed by atoms with E-state index in [9.17, 15) is 26.7 Å². The van der Waals surface area contributed by atoms with Gasteiger partial charge in [0.05, 0.1) is 0 Å². The molecule has 24 heavy (non-hydrogen) atoms. The molecular weight excluding hydrogens is 329 g/mol. The van der Waals surface area contributed by atoms with Crippen molar-refractivity contribution in [2.24, 2.45) is 0 Å². The van der Waals surface area contributed by atoms with Crippen molar-refractivity contribution >= 4 is 5.91 Å². The van der Waals surface area contributed by atoms with E-state index >= 15 is 0 Å². The zero-order valence-corrected chi connectivity index (χ0v) is 12.3. The molecule has 1 amide bonds. The predicted octanol–water partition coefficient (Wildman–Crippen LogP) is 4.01. The molecule has 0 saturated carbocycles. The number of carbonyl (C=O) groups excluding carboxylic acids is 1. The smallest absolute Gasteiger partial charge is 0.260 e. The largest absolute Gasteiger partial charge is 0.338 e. The fourth-order valence-electron chi connectivity index (χ4n) is 2.89. The first-order chi connectivity index (χ1) is 11.4. The molecule has 0 aliphatic carbocycles. The number of likely N-dealkylation sites (tertiary alicyclic amines) is 1. The van der Waals surface area contributed by atoms with Gasteiger partial charge in [0.2, 0.25) is 5.82 Å². The molecule has 7 heteroatoms. The van der Waals surface area contributed by atoms with Crippen molar-refractivity contribution in [3.63, 3.8) is 0 Å². The quantitative estimate of drug-likeness (QED) is 0.459. The highest BCUT2D eigenvalue weighted by atomic mass is 19.2. The van der Waals surface area contributed by atoms with Crippen LogP contribution in [0.25, 0.3) is 0 Å². The number of rotatable bonds is 2. The van der Waals surface area contributed by atoms with Crippen molar-refractivity contribution in [3.8, 4) is 0 Å². The summed E-state index contributed by atoms with van der Waals surface area (Å²) in [5.41, 5.74) is -0.453. The van der Waals surface area contributed by atoms with E-state index in [4.69, 9.17) is 0 Å². The lowest BCUT2D eigenvalue weighted by molar-refractivity contribution is 0.0777. The molecule has 2 aromatic carbocycles. The first-order valence-corrected chi connectivity index (χ1v) is 7.27. The van der Waals surface area contributed by atoms with Crippen LogP contribution in [0.2, 0.25) is 0 Å². The van der Waals surface area contributed by atoms with Gasteiger partial charge in [0, 0.05) is 19.0 Å². The molecule has 126 valence electrons. The van der Waals surface area contributed by atoms with Crippen LogP contribution in [0.5, 0.6) is 0 Å². The average molecular weight is 341 g/mol. The van der Waals surface area contributed by atoms with E-state index in [-0.39, 0.29) is 19.0 Å². The van der Waals surface area contributed by atoms with E-state index in [0.717, 1.165) is 10.5 Å². The highest BCUT2D eigenvalue weighted by Gasteiger charge is 2.35. The topological polar surface area (TPSA) is 20.3 Å². The summed E-state index contributed by atoms with van der Waals surface area (Å²) in [6.45, 7) is 0.334. The first kappa shape index (κ1) is 16.4. The molecule has 0 bridgehead atoms. The summed E-state index contributed by atoms with van der Waals surface area (Å²) < 4.78 is 67.1. The summed E-state index contributed by atoms with van der Waals surface area (Å²) in [5, 5.41) is 0. The highest BCUT2D eigenvalue weighted by molar-refractivity contribution is 5.95. The van der Waals surface area contributed by atoms with Crippen LogP contribution in [0.15, 0.2) is 30.3 Å². The fourth-order valence-corrected chi connectivity index (χ4v) is 2.89. The van der Waals surface area contributed by atoms with Gasteiger partial charge in [-0.25, -0.2) is 22.0 Å². The zero-order chi connectivity index (χ0) is 17.4. The van der Waals surface area contributed by atoms with Crippen LogP contribution in [-0.2, 0) is 0 Å². The minimum absolute atomic E-state index is 0.0450. The first-order valence-electron chi connectivity index (χ1n) is 7.27. The summed E-state index contributed by atoms with van der Waals surface area (Å²) >= 11 is 0. The van der Waals surface area contributed by atoms with Gasteiger partial charge in [0.1, 0.15) is 5.56 Å². The zero-order valence-electron chi connectivity index (χ0n) is 12.3. The SMILES string of the molecule is O=C(c1c(F)c(F)c(F)c(F)c1F)N1CC[C@@H](c2ccccc2)C1. The molecule has 1 saturated heterocycles. The van der Waals surface area contributed by atoms with E-state index in [1.54, 1.807) is 0 Å². The molecule has 1 aliphatic heterocycles. The van der Waals surface area contributed by atoms with Crippen molar-refractivity contribution in [2.75, 3.05) is 13.1 Å². The Kier molecular flexibility index (Phi) is 4.26. The van der Waals surface area contributed by atoms with E-state index in [1.807, 2.05) is 30.3 Å². The third kappa shape index (κ3) is 2.64. The van der Waals surface area contributed by atoms with Gasteiger partial charge < -0.3 is 4.90 Å². The maximum Gasteiger partial charge on any atom is 0.260 e. The van der Waals surface area contributed by atoms with E-state index in [1.165, 1.54) is 0 Å². The van der Waals surface area contributed by atoms with Gasteiger partial charge in [0.15, 0.2) is 23.3 Å². The van der Waals surface area contributed by atoms with Crippen LogP contribution in [0, 0.1) is 29.1 Å². The second kappa shape index (κ2) is 6.22. The van der Waals surface area contributed by atoms with Gasteiger partial charge in [-0.1, -0.05) is 30.3 Å². The van der Waals surface area contributed by atoms with Crippen LogP contribution in [0.1, 0.15) is 28.3 Å². The molecule has 2 nitrogen and oxygen atoms in total. The molecule has 0 unspecified atom stereocenters. The minimum atomic E-state index is -2.27. The lowest BCUT2D eigenvalue weighted by atomic mass is 9.99. The van der Waals surface area contributed by atoms with Gasteiger partial charge in [-0.2, -0.15) is 0 Å². The van der Waals surface area contributed by atoms with E-state index in [2.05, 4.69) is 0 Å². The van der Waals surface area contributed by atoms with Crippen LogP contribution < -0.4 is 0 Å². The molecule has 0 radical (unpaired) electrons. The minimum Gasteiger partial charge on any atom is -0.338 e. The Bertz CT molecular complexity index is 764. The Morgan fingerprint density at radius 3 is 2.00 bits per heavy atom. The van der Waals surface area contributed by atoms with Crippen molar-refractivity contribution in [1.82, 2.24) is 4.90 Å². The highest BCUT2D eigenvalue weighted by Crippen LogP contribution is 2.30. The lowest BCUT2D eigenvalue weighted by Crippen LogP contribution is -2.31. The molecule has 1 heterocycles. The summed E-state index contributed by atoms with van der Waals surface area (Å²) in [5.74, 6) is -11.9. The van der Waals surface area contributed by atoms with Crippen LogP contribution >= 0.6 is 0 Å². The molecule has 0 aromatic heterocycles. The van der Waals surface area contributed by atoms with Gasteiger partial charge in [0.25, 0.3) is 5.91 Å². The number of amides is 1. The fraction of sp³-hybridized carbons (Fsp3) is 0.235. The van der Waals surface area contributed by atoms with Crippen LogP contribution in [-0.4, -0.2) is 23.9 Å². The third-order valence-electron chi connectivity index (χ3n) is 4.17. The van der Waals surface area contributed by atoms with Crippen LogP contribution in [0.4, 0.5) is 22.0 Å². The Labute approximate surface area is 134 Å². The normalized spacial score (nSPS) is 17.4. The standard InChI is InChI=1S/C17H12F5NO/c18-12-11(13(19)15(21)16(22)14(12)20)17(24)23-7-6-10(8-23)9-4-2-1-3-5-9/h1-5,10H,6-8H2/t10-/m1/s1. The van der Waals surface area contributed by atoms with Gasteiger partial charge >= 0.3 is 0 Å². The molecule has 0 spiro atoms. The number of nitrogens with zero attached hydrogens (tertiary/aromatic N) is 1. The Morgan fingerprint density at radius 2 is 1.42 bits per heavy atom. The van der Waals surface area contributed by atoms with Crippen molar-refractivity contribution in [2.45, 2.75) is 12.3 Å². The Hall–Kier alpha value is -2.44. The summed E-state index contributed by atoms with van der Waals surface area (Å²) in [7, 11) is 0. The Balaban J connectivity index is 1.89. The number of benzene rings is 2. The van der Waals surface area contributed by atoms with Gasteiger partial charge in [-0.3, -0.25) is 4.79 Å². The third-order valence-corrected chi connectivity index (χ3v) is 4.17. The second-order valence-electron chi connectivity index (χ2n) is 5.59. The van der Waals surface area contributed by atoms with E-state index < -0.39 is 40.6 Å². The number of carbonyl (C=O) groups is 1. The molecular formula is C17H12F5NO. The monoisotopic (exact) mass is 341 g/mol. The Morgan fingerprint density at radius 1 is 0.875 bits per heavy atom. The van der Waals surface area contributed by atoms with E-state index in [0.29, 0.717) is 6.42 Å². The predicted molar refractivity (Wildman–Crippen MR) is 75.9 cm³/mol. The summed E-state index contributed by atoms with van der Waals surface area (Å²) in [4.78, 5) is 13.4. The molecule has 2 aromatic rings.